The first-order valence-corrected chi connectivity index (χ1v) is 2.89. The van der Waals surface area contributed by atoms with Crippen LogP contribution in [0.25, 0.3) is 17.2 Å². The van der Waals surface area contributed by atoms with Crippen molar-refractivity contribution in [3.05, 3.63) is 22.5 Å². The fourth-order valence-corrected chi connectivity index (χ4v) is 1.14. The molecule has 2 aliphatic heterocycles. The van der Waals surface area contributed by atoms with Crippen molar-refractivity contribution in [2.75, 3.05) is 0 Å². The molecule has 4 heteroatoms. The Morgan fingerprint density at radius 2 is 2.40 bits per heavy atom. The Kier molecular flexibility index (Phi) is 0.430. The first kappa shape index (κ1) is 4.27. The highest BCUT2D eigenvalue weighted by atomic mass is 16.4. The summed E-state index contributed by atoms with van der Waals surface area (Å²) in [7, 11) is 0. The zero-order valence-corrected chi connectivity index (χ0v) is 4.87. The van der Waals surface area contributed by atoms with Crippen molar-refractivity contribution in [2.24, 2.45) is 0 Å². The van der Waals surface area contributed by atoms with Crippen LogP contribution >= 0.6 is 0 Å². The monoisotopic (exact) mass is 134 g/mol. The maximum atomic E-state index is 10.9. The van der Waals surface area contributed by atoms with Gasteiger partial charge in [0, 0.05) is 6.07 Å². The van der Waals surface area contributed by atoms with E-state index in [4.69, 9.17) is 4.42 Å². The smallest absolute Gasteiger partial charge is 0.313 e. The van der Waals surface area contributed by atoms with Crippen LogP contribution < -0.4 is 5.56 Å². The van der Waals surface area contributed by atoms with E-state index < -0.39 is 0 Å². The number of aromatic nitrogens is 2. The minimum Gasteiger partial charge on any atom is -0.421 e. The number of rotatable bonds is 0. The summed E-state index contributed by atoms with van der Waals surface area (Å²) in [6.07, 6.45) is 0. The van der Waals surface area contributed by atoms with E-state index in [1.165, 1.54) is 10.6 Å². The quantitative estimate of drug-likeness (QED) is 0.444. The lowest BCUT2D eigenvalue weighted by Gasteiger charge is -2.00. The van der Waals surface area contributed by atoms with E-state index in [0.717, 1.165) is 0 Å². The Labute approximate surface area is 54.7 Å². The molecule has 0 aromatic carbocycles. The molecule has 0 radical (unpaired) electrons. The second-order valence-electron chi connectivity index (χ2n) is 2.19. The average molecular weight is 134 g/mol. The average Bonchev–Trinajstić information content (AvgIpc) is 2.34. The van der Waals surface area contributed by atoms with Crippen LogP contribution in [0.4, 0.5) is 0 Å². The number of pyridine rings is 1. The Morgan fingerprint density at radius 3 is 3.20 bits per heavy atom. The summed E-state index contributed by atoms with van der Waals surface area (Å²) in [4.78, 5) is 14.8. The summed E-state index contributed by atoms with van der Waals surface area (Å²) in [5.74, 6) is 0. The normalized spacial score (nSPS) is 12.4. The maximum Gasteiger partial charge on any atom is 0.313 e. The van der Waals surface area contributed by atoms with Crippen molar-refractivity contribution < 1.29 is 4.42 Å². The zero-order chi connectivity index (χ0) is 6.72. The van der Waals surface area contributed by atoms with E-state index in [1.807, 2.05) is 0 Å². The van der Waals surface area contributed by atoms with Crippen LogP contribution in [0.2, 0.25) is 0 Å². The standard InChI is InChI=1S/C6H2N2O2/c9-4-2-1-3-5-7-6(10-3)8(4)5/h1-2H. The largest absolute Gasteiger partial charge is 0.421 e. The highest BCUT2D eigenvalue weighted by Gasteiger charge is 2.23. The van der Waals surface area contributed by atoms with E-state index in [-0.39, 0.29) is 5.56 Å². The maximum absolute atomic E-state index is 10.9. The Morgan fingerprint density at radius 1 is 1.50 bits per heavy atom. The number of nitrogens with zero attached hydrogens (tertiary/aromatic N) is 2. The van der Waals surface area contributed by atoms with Gasteiger partial charge in [-0.15, -0.1) is 0 Å². The van der Waals surface area contributed by atoms with Gasteiger partial charge in [0.1, 0.15) is 0 Å². The molecule has 0 atom stereocenters. The lowest BCUT2D eigenvalue weighted by atomic mass is 10.4. The summed E-state index contributed by atoms with van der Waals surface area (Å²) in [6.45, 7) is 0. The summed E-state index contributed by atoms with van der Waals surface area (Å²) in [6, 6.07) is 3.53. The molecule has 0 spiro atoms. The van der Waals surface area contributed by atoms with Gasteiger partial charge >= 0.3 is 6.01 Å². The van der Waals surface area contributed by atoms with Crippen molar-refractivity contribution in [2.45, 2.75) is 0 Å². The van der Waals surface area contributed by atoms with Gasteiger partial charge in [-0.25, -0.2) is 4.57 Å². The molecular formula is C6H2N2O2. The lowest BCUT2D eigenvalue weighted by molar-refractivity contribution is 0.570. The van der Waals surface area contributed by atoms with Gasteiger partial charge in [-0.05, 0) is 6.07 Å². The van der Waals surface area contributed by atoms with Crippen LogP contribution in [-0.4, -0.2) is 9.55 Å². The minimum atomic E-state index is -0.0683. The van der Waals surface area contributed by atoms with Crippen LogP contribution in [0.1, 0.15) is 0 Å². The second-order valence-corrected chi connectivity index (χ2v) is 2.19. The number of oxazole rings is 2. The molecule has 10 heavy (non-hydrogen) atoms. The van der Waals surface area contributed by atoms with Crippen molar-refractivity contribution in [1.29, 1.82) is 0 Å². The van der Waals surface area contributed by atoms with Gasteiger partial charge in [-0.1, -0.05) is 0 Å². The molecule has 4 heterocycles. The highest BCUT2D eigenvalue weighted by Crippen LogP contribution is 2.25. The highest BCUT2D eigenvalue weighted by molar-refractivity contribution is 5.75. The molecule has 0 saturated heterocycles. The first-order valence-electron chi connectivity index (χ1n) is 2.89. The molecule has 0 fully saturated rings. The third kappa shape index (κ3) is 0.251. The van der Waals surface area contributed by atoms with Crippen LogP contribution in [0.5, 0.6) is 0 Å². The van der Waals surface area contributed by atoms with Gasteiger partial charge in [-0.2, -0.15) is 4.98 Å². The lowest BCUT2D eigenvalue weighted by Crippen LogP contribution is -2.20. The summed E-state index contributed by atoms with van der Waals surface area (Å²) >= 11 is 0. The molecule has 4 bridgehead atoms. The Bertz CT molecular complexity index is 480. The molecule has 0 unspecified atom stereocenters. The van der Waals surface area contributed by atoms with E-state index in [0.29, 0.717) is 17.2 Å². The van der Waals surface area contributed by atoms with Crippen molar-refractivity contribution in [3.8, 4) is 6.01 Å². The van der Waals surface area contributed by atoms with Crippen LogP contribution in [-0.2, 0) is 0 Å². The molecular weight excluding hydrogens is 132 g/mol. The SMILES string of the molecule is O=c1ccc2oc3nc2n1-3. The van der Waals surface area contributed by atoms with Crippen LogP contribution in [0.3, 0.4) is 0 Å². The summed E-state index contributed by atoms with van der Waals surface area (Å²) in [5.41, 5.74) is 1.28. The third-order valence-electron chi connectivity index (χ3n) is 1.62. The van der Waals surface area contributed by atoms with Gasteiger partial charge in [0.2, 0.25) is 0 Å². The molecule has 48 valence electrons. The van der Waals surface area contributed by atoms with Crippen molar-refractivity contribution in [3.63, 3.8) is 0 Å². The number of hydrogen-bond donors (Lipinski definition) is 0. The fraction of sp³-hybridized carbons (Fsp3) is 0. The zero-order valence-electron chi connectivity index (χ0n) is 4.87. The predicted molar refractivity (Wildman–Crippen MR) is 33.2 cm³/mol. The van der Waals surface area contributed by atoms with Gasteiger partial charge in [0.25, 0.3) is 5.56 Å². The Balaban J connectivity index is 2.83. The molecule has 4 nitrogen and oxygen atoms in total. The molecule has 4 rings (SSSR count). The fourth-order valence-electron chi connectivity index (χ4n) is 1.14. The summed E-state index contributed by atoms with van der Waals surface area (Å²) < 4.78 is 6.53. The van der Waals surface area contributed by atoms with Gasteiger partial charge in [-0.3, -0.25) is 4.79 Å². The topological polar surface area (TPSA) is 48.0 Å². The molecule has 0 N–H and O–H groups in total. The second kappa shape index (κ2) is 1.01. The van der Waals surface area contributed by atoms with Crippen molar-refractivity contribution >= 4 is 11.2 Å². The molecule has 2 aliphatic rings. The molecule has 2 aromatic heterocycles. The Hall–Kier alpha value is -1.58. The van der Waals surface area contributed by atoms with Crippen LogP contribution in [0, 0.1) is 0 Å². The van der Waals surface area contributed by atoms with Crippen molar-refractivity contribution in [1.82, 2.24) is 9.55 Å². The predicted octanol–water partition coefficient (Wildman–Crippen LogP) is 0.292. The molecule has 0 saturated carbocycles. The molecule has 2 aromatic rings. The van der Waals surface area contributed by atoms with E-state index in [9.17, 15) is 4.79 Å². The molecule has 0 amide bonds. The van der Waals surface area contributed by atoms with Gasteiger partial charge in [0.15, 0.2) is 11.2 Å². The minimum absolute atomic E-state index is 0.0683. The van der Waals surface area contributed by atoms with E-state index in [2.05, 4.69) is 4.98 Å². The first-order chi connectivity index (χ1) is 4.86. The van der Waals surface area contributed by atoms with Gasteiger partial charge < -0.3 is 4.42 Å². The van der Waals surface area contributed by atoms with Gasteiger partial charge in [0.05, 0.1) is 0 Å². The third-order valence-corrected chi connectivity index (χ3v) is 1.62. The number of hydrogen-bond acceptors (Lipinski definition) is 3. The van der Waals surface area contributed by atoms with E-state index >= 15 is 0 Å². The molecule has 0 aliphatic carbocycles. The van der Waals surface area contributed by atoms with E-state index in [1.54, 1.807) is 6.07 Å². The summed E-state index contributed by atoms with van der Waals surface area (Å²) in [5, 5.41) is 0. The van der Waals surface area contributed by atoms with Crippen LogP contribution in [0.15, 0.2) is 21.3 Å².